The summed E-state index contributed by atoms with van der Waals surface area (Å²) in [6, 6.07) is 14.0. The SMILES string of the molecule is COc1ccc(Cn2cc3nc(-c4ccc(C(=O)O)cc4)nc(Cl)c3n2)cc1. The Hall–Kier alpha value is -3.45. The number of carboxylic acids is 1. The molecule has 4 rings (SSSR count). The van der Waals surface area contributed by atoms with E-state index in [1.54, 1.807) is 23.9 Å². The number of aromatic nitrogens is 4. The second-order valence-electron chi connectivity index (χ2n) is 6.13. The van der Waals surface area contributed by atoms with Crippen molar-refractivity contribution in [2.75, 3.05) is 7.11 Å². The van der Waals surface area contributed by atoms with Crippen LogP contribution in [0, 0.1) is 0 Å². The lowest BCUT2D eigenvalue weighted by Gasteiger charge is -2.03. The van der Waals surface area contributed by atoms with E-state index in [0.29, 0.717) is 29.0 Å². The van der Waals surface area contributed by atoms with Crippen LogP contribution in [0.5, 0.6) is 5.75 Å². The van der Waals surface area contributed by atoms with Gasteiger partial charge in [0, 0.05) is 5.56 Å². The minimum Gasteiger partial charge on any atom is -0.497 e. The van der Waals surface area contributed by atoms with Crippen molar-refractivity contribution < 1.29 is 14.6 Å². The molecule has 0 saturated carbocycles. The zero-order valence-electron chi connectivity index (χ0n) is 14.8. The van der Waals surface area contributed by atoms with Gasteiger partial charge in [-0.15, -0.1) is 0 Å². The van der Waals surface area contributed by atoms with Crippen molar-refractivity contribution in [2.24, 2.45) is 0 Å². The topological polar surface area (TPSA) is 90.1 Å². The number of benzene rings is 2. The number of fused-ring (bicyclic) bond motifs is 1. The smallest absolute Gasteiger partial charge is 0.335 e. The summed E-state index contributed by atoms with van der Waals surface area (Å²) >= 11 is 6.31. The van der Waals surface area contributed by atoms with Crippen molar-refractivity contribution in [1.29, 1.82) is 0 Å². The maximum absolute atomic E-state index is 11.0. The fourth-order valence-corrected chi connectivity index (χ4v) is 3.03. The molecule has 0 aliphatic heterocycles. The van der Waals surface area contributed by atoms with Crippen LogP contribution in [0.15, 0.2) is 54.7 Å². The molecule has 1 N–H and O–H groups in total. The van der Waals surface area contributed by atoms with E-state index in [-0.39, 0.29) is 10.7 Å². The van der Waals surface area contributed by atoms with Crippen LogP contribution in [0.3, 0.4) is 0 Å². The Kier molecular flexibility index (Phi) is 4.67. The number of halogens is 1. The Balaban J connectivity index is 1.65. The maximum Gasteiger partial charge on any atom is 0.335 e. The molecular weight excluding hydrogens is 380 g/mol. The van der Waals surface area contributed by atoms with Gasteiger partial charge in [0.15, 0.2) is 11.0 Å². The fourth-order valence-electron chi connectivity index (χ4n) is 2.81. The molecule has 0 bridgehead atoms. The maximum atomic E-state index is 11.0. The van der Waals surface area contributed by atoms with E-state index in [0.717, 1.165) is 11.3 Å². The van der Waals surface area contributed by atoms with Gasteiger partial charge in [0.25, 0.3) is 0 Å². The first-order valence-electron chi connectivity index (χ1n) is 8.41. The number of ether oxygens (including phenoxy) is 1. The van der Waals surface area contributed by atoms with E-state index in [1.807, 2.05) is 30.5 Å². The average molecular weight is 395 g/mol. The Bertz CT molecular complexity index is 1150. The standard InChI is InChI=1S/C20H15ClN4O3/c1-28-15-8-2-12(3-9-15)10-25-11-16-17(24-25)18(21)23-19(22-16)13-4-6-14(7-5-13)20(26)27/h2-9,11H,10H2,1H3,(H,26,27). The quantitative estimate of drug-likeness (QED) is 0.516. The third kappa shape index (κ3) is 3.52. The second kappa shape index (κ2) is 7.28. The molecular formula is C20H15ClN4O3. The molecule has 0 radical (unpaired) electrons. The predicted molar refractivity (Wildman–Crippen MR) is 105 cm³/mol. The van der Waals surface area contributed by atoms with Crippen LogP contribution in [0.2, 0.25) is 5.15 Å². The van der Waals surface area contributed by atoms with Crippen LogP contribution < -0.4 is 4.74 Å². The summed E-state index contributed by atoms with van der Waals surface area (Å²) in [5, 5.41) is 13.7. The van der Waals surface area contributed by atoms with E-state index >= 15 is 0 Å². The van der Waals surface area contributed by atoms with Crippen molar-refractivity contribution >= 4 is 28.6 Å². The Labute approximate surface area is 165 Å². The lowest BCUT2D eigenvalue weighted by atomic mass is 10.1. The van der Waals surface area contributed by atoms with Gasteiger partial charge >= 0.3 is 5.97 Å². The highest BCUT2D eigenvalue weighted by atomic mass is 35.5. The van der Waals surface area contributed by atoms with E-state index < -0.39 is 5.97 Å². The lowest BCUT2D eigenvalue weighted by Crippen LogP contribution is -1.99. The van der Waals surface area contributed by atoms with Gasteiger partial charge in [0.2, 0.25) is 0 Å². The van der Waals surface area contributed by atoms with Gasteiger partial charge in [0.1, 0.15) is 16.8 Å². The molecule has 28 heavy (non-hydrogen) atoms. The van der Waals surface area contributed by atoms with Crippen LogP contribution in [0.1, 0.15) is 15.9 Å². The van der Waals surface area contributed by atoms with Gasteiger partial charge in [-0.05, 0) is 29.8 Å². The van der Waals surface area contributed by atoms with Crippen LogP contribution in [0.25, 0.3) is 22.4 Å². The first-order valence-corrected chi connectivity index (χ1v) is 8.78. The van der Waals surface area contributed by atoms with E-state index in [9.17, 15) is 4.79 Å². The number of hydrogen-bond donors (Lipinski definition) is 1. The molecule has 0 amide bonds. The lowest BCUT2D eigenvalue weighted by molar-refractivity contribution is 0.0697. The molecule has 0 atom stereocenters. The molecule has 0 aliphatic carbocycles. The van der Waals surface area contributed by atoms with E-state index in [1.165, 1.54) is 12.1 Å². The molecule has 8 heteroatoms. The van der Waals surface area contributed by atoms with E-state index in [2.05, 4.69) is 15.1 Å². The first kappa shape index (κ1) is 17.9. The van der Waals surface area contributed by atoms with Gasteiger partial charge in [0.05, 0.1) is 25.4 Å². The highest BCUT2D eigenvalue weighted by Crippen LogP contribution is 2.24. The third-order valence-corrected chi connectivity index (χ3v) is 4.53. The number of hydrogen-bond acceptors (Lipinski definition) is 5. The van der Waals surface area contributed by atoms with E-state index in [4.69, 9.17) is 21.4 Å². The van der Waals surface area contributed by atoms with Crippen LogP contribution >= 0.6 is 11.6 Å². The summed E-state index contributed by atoms with van der Waals surface area (Å²) < 4.78 is 6.92. The molecule has 0 spiro atoms. The Morgan fingerprint density at radius 1 is 1.11 bits per heavy atom. The summed E-state index contributed by atoms with van der Waals surface area (Å²) in [6.45, 7) is 0.555. The van der Waals surface area contributed by atoms with Crippen molar-refractivity contribution in [3.05, 3.63) is 71.0 Å². The van der Waals surface area contributed by atoms with Crippen molar-refractivity contribution in [1.82, 2.24) is 19.7 Å². The number of methoxy groups -OCH3 is 1. The Morgan fingerprint density at radius 2 is 1.82 bits per heavy atom. The normalized spacial score (nSPS) is 10.9. The molecule has 140 valence electrons. The second-order valence-corrected chi connectivity index (χ2v) is 6.49. The Morgan fingerprint density at radius 3 is 2.46 bits per heavy atom. The van der Waals surface area contributed by atoms with Crippen molar-refractivity contribution in [2.45, 2.75) is 6.54 Å². The number of aromatic carboxylic acids is 1. The summed E-state index contributed by atoms with van der Waals surface area (Å²) in [5.74, 6) is 0.223. The zero-order valence-corrected chi connectivity index (χ0v) is 15.6. The van der Waals surface area contributed by atoms with Crippen LogP contribution in [-0.2, 0) is 6.54 Å². The largest absolute Gasteiger partial charge is 0.497 e. The van der Waals surface area contributed by atoms with Gasteiger partial charge in [-0.1, -0.05) is 35.9 Å². The van der Waals surface area contributed by atoms with Gasteiger partial charge in [-0.3, -0.25) is 4.68 Å². The fraction of sp³-hybridized carbons (Fsp3) is 0.100. The van der Waals surface area contributed by atoms with Gasteiger partial charge < -0.3 is 9.84 Å². The molecule has 0 fully saturated rings. The summed E-state index contributed by atoms with van der Waals surface area (Å²) in [7, 11) is 1.63. The zero-order chi connectivity index (χ0) is 19.7. The summed E-state index contributed by atoms with van der Waals surface area (Å²) in [6.07, 6.45) is 1.81. The molecule has 7 nitrogen and oxygen atoms in total. The van der Waals surface area contributed by atoms with Crippen molar-refractivity contribution in [3.63, 3.8) is 0 Å². The monoisotopic (exact) mass is 394 g/mol. The summed E-state index contributed by atoms with van der Waals surface area (Å²) in [4.78, 5) is 19.8. The minimum atomic E-state index is -0.985. The highest BCUT2D eigenvalue weighted by Gasteiger charge is 2.13. The van der Waals surface area contributed by atoms with Crippen LogP contribution in [-0.4, -0.2) is 37.9 Å². The molecule has 0 aliphatic rings. The molecule has 2 aromatic heterocycles. The molecule has 0 saturated heterocycles. The van der Waals surface area contributed by atoms with Gasteiger partial charge in [-0.2, -0.15) is 5.10 Å². The average Bonchev–Trinajstić information content (AvgIpc) is 3.11. The predicted octanol–water partition coefficient (Wildman–Crippen LogP) is 3.90. The van der Waals surface area contributed by atoms with Gasteiger partial charge in [-0.25, -0.2) is 14.8 Å². The number of carboxylic acid groups (broad SMARTS) is 1. The molecule has 2 heterocycles. The number of carbonyl (C=O) groups is 1. The van der Waals surface area contributed by atoms with Crippen molar-refractivity contribution in [3.8, 4) is 17.1 Å². The number of rotatable bonds is 5. The molecule has 0 unspecified atom stereocenters. The molecule has 2 aromatic carbocycles. The third-order valence-electron chi connectivity index (χ3n) is 4.26. The minimum absolute atomic E-state index is 0.197. The van der Waals surface area contributed by atoms with Crippen LogP contribution in [0.4, 0.5) is 0 Å². The summed E-state index contributed by atoms with van der Waals surface area (Å²) in [5.41, 5.74) is 3.06. The molecule has 4 aromatic rings. The highest BCUT2D eigenvalue weighted by molar-refractivity contribution is 6.33. The first-order chi connectivity index (χ1) is 13.5. The number of nitrogens with zero attached hydrogens (tertiary/aromatic N) is 4.